The Morgan fingerprint density at radius 3 is 2.68 bits per heavy atom. The Bertz CT molecular complexity index is 1210. The van der Waals surface area contributed by atoms with Crippen molar-refractivity contribution in [2.75, 3.05) is 30.1 Å². The van der Waals surface area contributed by atoms with Crippen LogP contribution in [-0.2, 0) is 33.8 Å². The molecule has 14 nitrogen and oxygen atoms in total. The highest BCUT2D eigenvalue weighted by Crippen LogP contribution is 2.40. The number of methoxy groups -OCH3 is 1. The molecule has 0 aromatic carbocycles. The number of anilines is 1. The molecular weight excluding hydrogens is 514 g/mol. The van der Waals surface area contributed by atoms with E-state index < -0.39 is 67.9 Å². The number of ether oxygens (including phenoxy) is 1. The van der Waals surface area contributed by atoms with E-state index in [0.29, 0.717) is 0 Å². The average molecular weight is 534 g/mol. The van der Waals surface area contributed by atoms with Crippen molar-refractivity contribution in [3.8, 4) is 0 Å². The average Bonchev–Trinajstić information content (AvgIpc) is 3.21. The number of nitrogens with one attached hydrogen (secondary N) is 1. The lowest BCUT2D eigenvalue weighted by atomic mass is 10.0. The van der Waals surface area contributed by atoms with Crippen molar-refractivity contribution in [3.05, 3.63) is 22.3 Å². The molecule has 2 aliphatic rings. The molecule has 184 valence electrons. The summed E-state index contributed by atoms with van der Waals surface area (Å²) in [4.78, 5) is 53.1. The molecule has 3 rings (SSSR count). The number of aromatic nitrogens is 1. The van der Waals surface area contributed by atoms with Crippen molar-refractivity contribution in [2.24, 2.45) is 5.16 Å². The standard InChI is InChI=1S/C17H19N5O9S3/c1-31-9(23)2-3-34(29,30)6-7-4-32-15-11(14(25)22(15)12(7)16(26)27)20-13(24)10(21-28)8-5-33-17(18)19-8/h5,11,15,28H,2-4,6H2,1H3,(H2,18,19)(H,20,24)(H,26,27)/b21-10-/t11?,15-/m1/s1. The zero-order valence-corrected chi connectivity index (χ0v) is 19.9. The van der Waals surface area contributed by atoms with E-state index in [-0.39, 0.29) is 28.6 Å². The van der Waals surface area contributed by atoms with Gasteiger partial charge < -0.3 is 26.1 Å². The lowest BCUT2D eigenvalue weighted by molar-refractivity contribution is -0.150. The number of esters is 1. The molecule has 0 spiro atoms. The molecule has 1 aromatic heterocycles. The summed E-state index contributed by atoms with van der Waals surface area (Å²) in [5.41, 5.74) is 4.53. The normalized spacial score (nSPS) is 20.4. The third-order valence-corrected chi connectivity index (χ3v) is 8.48. The first-order valence-electron chi connectivity index (χ1n) is 9.40. The number of carbonyl (C=O) groups is 4. The smallest absolute Gasteiger partial charge is 0.352 e. The van der Waals surface area contributed by atoms with E-state index in [9.17, 15) is 37.9 Å². The zero-order chi connectivity index (χ0) is 25.2. The van der Waals surface area contributed by atoms with E-state index in [1.54, 1.807) is 0 Å². The first-order chi connectivity index (χ1) is 16.0. The maximum atomic E-state index is 12.7. The Morgan fingerprint density at radius 1 is 1.41 bits per heavy atom. The quantitative estimate of drug-likeness (QED) is 0.0949. The minimum atomic E-state index is -3.87. The predicted octanol–water partition coefficient (Wildman–Crippen LogP) is -1.38. The Kier molecular flexibility index (Phi) is 7.47. The number of hydrogen-bond acceptors (Lipinski definition) is 13. The summed E-state index contributed by atoms with van der Waals surface area (Å²) in [5.74, 6) is -5.16. The number of rotatable bonds is 9. The summed E-state index contributed by atoms with van der Waals surface area (Å²) in [6.07, 6.45) is -0.388. The largest absolute Gasteiger partial charge is 0.477 e. The first-order valence-corrected chi connectivity index (χ1v) is 13.2. The number of thioether (sulfide) groups is 1. The summed E-state index contributed by atoms with van der Waals surface area (Å²) in [6.45, 7) is 0. The number of β-lactam (4-membered cyclic amide) rings is 1. The number of carbonyl (C=O) groups excluding carboxylic acids is 3. The molecule has 0 radical (unpaired) electrons. The van der Waals surface area contributed by atoms with Crippen LogP contribution in [0.5, 0.6) is 0 Å². The number of carboxylic acid groups (broad SMARTS) is 1. The zero-order valence-electron chi connectivity index (χ0n) is 17.5. The van der Waals surface area contributed by atoms with Gasteiger partial charge in [0, 0.05) is 11.1 Å². The van der Waals surface area contributed by atoms with Crippen LogP contribution in [0.2, 0.25) is 0 Å². The molecule has 17 heteroatoms. The molecule has 2 atom stereocenters. The van der Waals surface area contributed by atoms with Gasteiger partial charge in [-0.25, -0.2) is 18.2 Å². The monoisotopic (exact) mass is 533 g/mol. The van der Waals surface area contributed by atoms with Crippen LogP contribution in [0.3, 0.4) is 0 Å². The summed E-state index contributed by atoms with van der Waals surface area (Å²) in [7, 11) is -2.75. The number of sulfone groups is 1. The van der Waals surface area contributed by atoms with Crippen molar-refractivity contribution in [1.29, 1.82) is 0 Å². The molecule has 2 amide bonds. The van der Waals surface area contributed by atoms with E-state index in [1.807, 2.05) is 0 Å². The number of thiazole rings is 1. The predicted molar refractivity (Wildman–Crippen MR) is 120 cm³/mol. The second kappa shape index (κ2) is 9.98. The molecule has 2 aliphatic heterocycles. The molecule has 1 saturated heterocycles. The van der Waals surface area contributed by atoms with Gasteiger partial charge in [0.15, 0.2) is 20.7 Å². The number of nitrogens with zero attached hydrogens (tertiary/aromatic N) is 3. The summed E-state index contributed by atoms with van der Waals surface area (Å²) >= 11 is 2.07. The number of carboxylic acids is 1. The number of hydrogen-bond donors (Lipinski definition) is 4. The lowest BCUT2D eigenvalue weighted by Crippen LogP contribution is -2.71. The fourth-order valence-corrected chi connectivity index (χ4v) is 6.71. The first kappa shape index (κ1) is 25.4. The van der Waals surface area contributed by atoms with Crippen LogP contribution >= 0.6 is 23.1 Å². The van der Waals surface area contributed by atoms with Gasteiger partial charge in [-0.3, -0.25) is 19.3 Å². The van der Waals surface area contributed by atoms with Gasteiger partial charge >= 0.3 is 11.9 Å². The van der Waals surface area contributed by atoms with E-state index >= 15 is 0 Å². The molecule has 1 aromatic rings. The number of amides is 2. The van der Waals surface area contributed by atoms with Crippen LogP contribution in [0.25, 0.3) is 0 Å². The number of fused-ring (bicyclic) bond motifs is 1. The second-order valence-electron chi connectivity index (χ2n) is 7.06. The van der Waals surface area contributed by atoms with E-state index in [0.717, 1.165) is 35.1 Å². The Balaban J connectivity index is 1.76. The Labute approximate surface area is 200 Å². The second-order valence-corrected chi connectivity index (χ2v) is 11.2. The van der Waals surface area contributed by atoms with Gasteiger partial charge in [-0.2, -0.15) is 0 Å². The van der Waals surface area contributed by atoms with Crippen molar-refractivity contribution in [3.63, 3.8) is 0 Å². The summed E-state index contributed by atoms with van der Waals surface area (Å²) in [6, 6.07) is -1.14. The molecule has 1 fully saturated rings. The number of aliphatic carboxylic acids is 1. The highest BCUT2D eigenvalue weighted by molar-refractivity contribution is 8.00. The molecule has 5 N–H and O–H groups in total. The molecule has 34 heavy (non-hydrogen) atoms. The lowest BCUT2D eigenvalue weighted by Gasteiger charge is -2.49. The molecular formula is C17H19N5O9S3. The van der Waals surface area contributed by atoms with Gasteiger partial charge in [0.05, 0.1) is 25.0 Å². The number of nitrogens with two attached hydrogens (primary N) is 1. The van der Waals surface area contributed by atoms with Gasteiger partial charge in [0.2, 0.25) is 0 Å². The van der Waals surface area contributed by atoms with Crippen molar-refractivity contribution < 1.29 is 42.6 Å². The van der Waals surface area contributed by atoms with Gasteiger partial charge in [-0.05, 0) is 5.57 Å². The van der Waals surface area contributed by atoms with Crippen molar-refractivity contribution >= 4 is 67.5 Å². The van der Waals surface area contributed by atoms with Crippen LogP contribution in [0.15, 0.2) is 21.8 Å². The highest BCUT2D eigenvalue weighted by atomic mass is 32.2. The topological polar surface area (TPSA) is 219 Å². The molecule has 0 saturated carbocycles. The molecule has 3 heterocycles. The number of oxime groups is 1. The molecule has 1 unspecified atom stereocenters. The minimum absolute atomic E-state index is 0.00649. The van der Waals surface area contributed by atoms with Crippen LogP contribution in [-0.4, -0.2) is 93.9 Å². The van der Waals surface area contributed by atoms with Crippen LogP contribution in [0, 0.1) is 0 Å². The number of nitrogen functional groups attached to an aromatic ring is 1. The van der Waals surface area contributed by atoms with E-state index in [1.165, 1.54) is 5.38 Å². The SMILES string of the molecule is COC(=O)CCS(=O)(=O)CC1=C(C(=O)O)N2C(=O)C(NC(=O)/C(=N\O)c3csc(N)n3)[C@H]2SC1. The molecule has 0 aliphatic carbocycles. The maximum Gasteiger partial charge on any atom is 0.352 e. The third kappa shape index (κ3) is 5.15. The van der Waals surface area contributed by atoms with Crippen LogP contribution in [0.1, 0.15) is 12.1 Å². The minimum Gasteiger partial charge on any atom is -0.477 e. The third-order valence-electron chi connectivity index (χ3n) is 4.86. The Morgan fingerprint density at radius 2 is 2.12 bits per heavy atom. The highest BCUT2D eigenvalue weighted by Gasteiger charge is 2.54. The summed E-state index contributed by atoms with van der Waals surface area (Å²) in [5, 5.41) is 24.8. The fourth-order valence-electron chi connectivity index (χ4n) is 3.29. The van der Waals surface area contributed by atoms with Gasteiger partial charge in [0.25, 0.3) is 11.8 Å². The van der Waals surface area contributed by atoms with Gasteiger partial charge in [-0.15, -0.1) is 23.1 Å². The van der Waals surface area contributed by atoms with Gasteiger partial charge in [0.1, 0.15) is 22.8 Å². The van der Waals surface area contributed by atoms with Gasteiger partial charge in [-0.1, -0.05) is 5.16 Å². The van der Waals surface area contributed by atoms with Crippen LogP contribution < -0.4 is 11.1 Å². The van der Waals surface area contributed by atoms with Crippen LogP contribution in [0.4, 0.5) is 5.13 Å². The van der Waals surface area contributed by atoms with E-state index in [4.69, 9.17) is 5.73 Å². The Hall–Kier alpha value is -3.18. The molecule has 0 bridgehead atoms. The van der Waals surface area contributed by atoms with E-state index in [2.05, 4.69) is 20.2 Å². The van der Waals surface area contributed by atoms with Crippen molar-refractivity contribution in [1.82, 2.24) is 15.2 Å². The maximum absolute atomic E-state index is 12.7. The summed E-state index contributed by atoms with van der Waals surface area (Å²) < 4.78 is 29.2. The van der Waals surface area contributed by atoms with Crippen molar-refractivity contribution in [2.45, 2.75) is 17.8 Å². The fraction of sp³-hybridized carbons (Fsp3) is 0.412.